The molecule has 3 heterocycles. The fourth-order valence-corrected chi connectivity index (χ4v) is 5.65. The number of thiazole rings is 1. The van der Waals surface area contributed by atoms with Gasteiger partial charge in [-0.2, -0.15) is 5.26 Å². The van der Waals surface area contributed by atoms with Crippen molar-refractivity contribution in [3.63, 3.8) is 0 Å². The number of aromatic nitrogens is 2. The molecule has 15 heteroatoms. The number of carbonyl (C=O) groups excluding carboxylic acids is 2. The van der Waals surface area contributed by atoms with E-state index in [2.05, 4.69) is 36.5 Å². The second kappa shape index (κ2) is 17.6. The third-order valence-electron chi connectivity index (χ3n) is 7.51. The average Bonchev–Trinajstić information content (AvgIpc) is 3.41. The summed E-state index contributed by atoms with van der Waals surface area (Å²) in [5.41, 5.74) is 2.57. The molecular weight excluding hydrogens is 685 g/mol. The van der Waals surface area contributed by atoms with E-state index in [1.807, 2.05) is 32.9 Å². The summed E-state index contributed by atoms with van der Waals surface area (Å²) >= 11 is 1.27. The first-order valence-corrected chi connectivity index (χ1v) is 15.2. The van der Waals surface area contributed by atoms with Crippen LogP contribution in [0.3, 0.4) is 0 Å². The number of ether oxygens (including phenoxy) is 1. The number of pyridine rings is 1. The lowest BCUT2D eigenvalue weighted by molar-refractivity contribution is -0.117. The van der Waals surface area contributed by atoms with Crippen molar-refractivity contribution in [1.29, 1.82) is 5.26 Å². The summed E-state index contributed by atoms with van der Waals surface area (Å²) < 4.78 is 6.11. The van der Waals surface area contributed by atoms with E-state index in [0.29, 0.717) is 44.9 Å². The van der Waals surface area contributed by atoms with Crippen molar-refractivity contribution in [1.82, 2.24) is 19.8 Å². The van der Waals surface area contributed by atoms with Crippen molar-refractivity contribution in [2.24, 2.45) is 0 Å². The summed E-state index contributed by atoms with van der Waals surface area (Å²) in [4.78, 5) is 39.7. The topological polar surface area (TPSA) is 144 Å². The number of nitrogens with one attached hydrogen (secondary N) is 2. The van der Waals surface area contributed by atoms with Gasteiger partial charge in [0.05, 0.1) is 24.6 Å². The van der Waals surface area contributed by atoms with Gasteiger partial charge in [0.2, 0.25) is 11.8 Å². The highest BCUT2D eigenvalue weighted by atomic mass is 35.5. The molecule has 4 aromatic rings. The number of benzene rings is 2. The molecule has 0 bridgehead atoms. The van der Waals surface area contributed by atoms with Gasteiger partial charge in [0, 0.05) is 56.1 Å². The van der Waals surface area contributed by atoms with Crippen LogP contribution in [-0.4, -0.2) is 82.6 Å². The molecule has 1 fully saturated rings. The van der Waals surface area contributed by atoms with Crippen LogP contribution in [0.25, 0.3) is 10.3 Å². The van der Waals surface area contributed by atoms with E-state index < -0.39 is 5.41 Å². The number of amides is 2. The highest BCUT2D eigenvalue weighted by Gasteiger charge is 2.22. The van der Waals surface area contributed by atoms with Crippen molar-refractivity contribution in [3.05, 3.63) is 71.3 Å². The Labute approximate surface area is 296 Å². The van der Waals surface area contributed by atoms with Gasteiger partial charge < -0.3 is 20.5 Å². The summed E-state index contributed by atoms with van der Waals surface area (Å²) in [7, 11) is 0. The Morgan fingerprint density at radius 1 is 1.00 bits per heavy atom. The minimum atomic E-state index is -0.711. The number of aliphatic hydroxyl groups excluding tert-OH is 1. The molecule has 0 unspecified atom stereocenters. The molecular formula is C32H38Cl3N7O4S. The number of hydrogen-bond acceptors (Lipinski definition) is 10. The Morgan fingerprint density at radius 2 is 1.72 bits per heavy atom. The molecule has 11 nitrogen and oxygen atoms in total. The molecule has 0 saturated carbocycles. The second-order valence-corrected chi connectivity index (χ2v) is 12.2. The zero-order chi connectivity index (χ0) is 31.3. The fraction of sp³-hybridized carbons (Fsp3) is 0.344. The number of carbonyl (C=O) groups is 2. The molecule has 3 N–H and O–H groups in total. The van der Waals surface area contributed by atoms with E-state index >= 15 is 0 Å². The number of nitrogens with zero attached hydrogens (tertiary/aromatic N) is 5. The van der Waals surface area contributed by atoms with Crippen LogP contribution in [-0.2, 0) is 10.2 Å². The maximum Gasteiger partial charge on any atom is 0.255 e. The minimum absolute atomic E-state index is 0. The maximum absolute atomic E-state index is 13.0. The summed E-state index contributed by atoms with van der Waals surface area (Å²) in [6.45, 7) is 9.80. The second-order valence-electron chi connectivity index (χ2n) is 11.2. The SMILES string of the molecule is Cc1ccc(NC(=O)c2cccc(C(C)(C)C#N)c2)cc1Oc1ccc2nc(NC(=O)CN3CCN(CCO)CC3)sc2n1.Cl.Cl.Cl. The summed E-state index contributed by atoms with van der Waals surface area (Å²) in [6, 6.07) is 18.2. The van der Waals surface area contributed by atoms with E-state index in [1.165, 1.54) is 11.3 Å². The number of nitriles is 1. The van der Waals surface area contributed by atoms with Crippen molar-refractivity contribution in [2.75, 3.05) is 56.5 Å². The molecule has 5 rings (SSSR count). The monoisotopic (exact) mass is 721 g/mol. The average molecular weight is 723 g/mol. The maximum atomic E-state index is 13.0. The van der Waals surface area contributed by atoms with Gasteiger partial charge in [-0.1, -0.05) is 29.5 Å². The van der Waals surface area contributed by atoms with E-state index in [0.717, 1.165) is 37.3 Å². The molecule has 0 atom stereocenters. The highest BCUT2D eigenvalue weighted by molar-refractivity contribution is 7.21. The Balaban J connectivity index is 0.00000256. The Morgan fingerprint density at radius 3 is 2.43 bits per heavy atom. The molecule has 2 aromatic carbocycles. The number of piperazine rings is 1. The third kappa shape index (κ3) is 10.2. The molecule has 0 radical (unpaired) electrons. The molecule has 252 valence electrons. The predicted molar refractivity (Wildman–Crippen MR) is 192 cm³/mol. The van der Waals surface area contributed by atoms with Crippen LogP contribution in [0.5, 0.6) is 11.6 Å². The lowest BCUT2D eigenvalue weighted by atomic mass is 9.85. The number of aryl methyl sites for hydroxylation is 1. The predicted octanol–water partition coefficient (Wildman–Crippen LogP) is 5.66. The van der Waals surface area contributed by atoms with Gasteiger partial charge in [-0.25, -0.2) is 9.97 Å². The van der Waals surface area contributed by atoms with Crippen molar-refractivity contribution in [2.45, 2.75) is 26.2 Å². The first-order valence-electron chi connectivity index (χ1n) is 14.4. The first kappa shape index (κ1) is 39.6. The van der Waals surface area contributed by atoms with Crippen LogP contribution in [0.4, 0.5) is 10.8 Å². The number of β-amino-alcohol motifs (C(OH)–C–C–N with tert-alkyl or cyclic N) is 1. The molecule has 47 heavy (non-hydrogen) atoms. The van der Waals surface area contributed by atoms with Gasteiger partial charge in [-0.3, -0.25) is 19.4 Å². The molecule has 2 amide bonds. The van der Waals surface area contributed by atoms with Crippen molar-refractivity contribution >= 4 is 81.5 Å². The van der Waals surface area contributed by atoms with Gasteiger partial charge in [-0.15, -0.1) is 37.2 Å². The molecule has 0 spiro atoms. The Kier molecular flexibility index (Phi) is 14.8. The van der Waals surface area contributed by atoms with Gasteiger partial charge >= 0.3 is 0 Å². The summed E-state index contributed by atoms with van der Waals surface area (Å²) in [6.07, 6.45) is 0. The van der Waals surface area contributed by atoms with Crippen LogP contribution in [0.2, 0.25) is 0 Å². The van der Waals surface area contributed by atoms with Crippen molar-refractivity contribution < 1.29 is 19.4 Å². The minimum Gasteiger partial charge on any atom is -0.439 e. The number of fused-ring (bicyclic) bond motifs is 1. The molecule has 1 aliphatic rings. The summed E-state index contributed by atoms with van der Waals surface area (Å²) in [5.74, 6) is 0.466. The number of halogens is 3. The van der Waals surface area contributed by atoms with Crippen LogP contribution in [0.1, 0.15) is 35.3 Å². The summed E-state index contributed by atoms with van der Waals surface area (Å²) in [5, 5.41) is 24.8. The van der Waals surface area contributed by atoms with Crippen molar-refractivity contribution in [3.8, 4) is 17.7 Å². The standard InChI is InChI=1S/C32H35N7O4S.3ClH/c1-21-7-8-24(34-29(42)22-5-4-6-23(17-22)32(2,3)20-33)18-26(21)43-28-10-9-25-30(37-28)44-31(35-25)36-27(41)19-39-13-11-38(12-14-39)15-16-40;;;/h4-10,17-18,40H,11-16,19H2,1-3H3,(H,34,42)(H,35,36,41);3*1H. The molecule has 0 aliphatic carbocycles. The lowest BCUT2D eigenvalue weighted by Crippen LogP contribution is -2.49. The van der Waals surface area contributed by atoms with Crippen LogP contribution in [0.15, 0.2) is 54.6 Å². The number of rotatable bonds is 10. The van der Waals surface area contributed by atoms with Gasteiger partial charge in [0.15, 0.2) is 5.13 Å². The van der Waals surface area contributed by atoms with E-state index in [4.69, 9.17) is 9.84 Å². The van der Waals surface area contributed by atoms with Gasteiger partial charge in [-0.05, 0) is 56.2 Å². The normalized spacial score (nSPS) is 13.3. The van der Waals surface area contributed by atoms with Crippen LogP contribution < -0.4 is 15.4 Å². The zero-order valence-corrected chi connectivity index (χ0v) is 29.5. The lowest BCUT2D eigenvalue weighted by Gasteiger charge is -2.33. The third-order valence-corrected chi connectivity index (χ3v) is 8.39. The smallest absolute Gasteiger partial charge is 0.255 e. The van der Waals surface area contributed by atoms with Gasteiger partial charge in [0.1, 0.15) is 16.1 Å². The van der Waals surface area contributed by atoms with E-state index in [1.54, 1.807) is 42.5 Å². The number of hydrogen-bond donors (Lipinski definition) is 3. The molecule has 1 saturated heterocycles. The highest BCUT2D eigenvalue weighted by Crippen LogP contribution is 2.31. The zero-order valence-electron chi connectivity index (χ0n) is 26.2. The largest absolute Gasteiger partial charge is 0.439 e. The van der Waals surface area contributed by atoms with E-state index in [-0.39, 0.29) is 62.2 Å². The Hall–Kier alpha value is -3.54. The first-order chi connectivity index (χ1) is 21.1. The quantitative estimate of drug-likeness (QED) is 0.189. The van der Waals surface area contributed by atoms with Crippen LogP contribution in [0, 0.1) is 18.3 Å². The molecule has 1 aliphatic heterocycles. The van der Waals surface area contributed by atoms with Gasteiger partial charge in [0.25, 0.3) is 5.91 Å². The fourth-order valence-electron chi connectivity index (χ4n) is 4.80. The van der Waals surface area contributed by atoms with E-state index in [9.17, 15) is 14.9 Å². The number of aliphatic hydroxyl groups is 1. The Bertz CT molecular complexity index is 1720. The number of anilines is 2. The molecule has 2 aromatic heterocycles. The van der Waals surface area contributed by atoms with Crippen LogP contribution >= 0.6 is 48.6 Å².